The second-order valence-corrected chi connectivity index (χ2v) is 4.69. The molecule has 0 atom stereocenters. The van der Waals surface area contributed by atoms with Gasteiger partial charge in [-0.1, -0.05) is 6.58 Å². The molecule has 2 aromatic heterocycles. The maximum Gasteiger partial charge on any atom is 0.0596 e. The Morgan fingerprint density at radius 3 is 2.89 bits per heavy atom. The van der Waals surface area contributed by atoms with E-state index in [9.17, 15) is 0 Å². The van der Waals surface area contributed by atoms with Crippen LogP contribution in [-0.4, -0.2) is 26.1 Å². The van der Waals surface area contributed by atoms with Gasteiger partial charge in [-0.25, -0.2) is 4.68 Å². The van der Waals surface area contributed by atoms with Gasteiger partial charge in [-0.2, -0.15) is 10.2 Å². The second kappa shape index (κ2) is 6.33. The van der Waals surface area contributed by atoms with E-state index in [0.717, 1.165) is 31.7 Å². The molecule has 102 valence electrons. The molecular formula is C14H21N5. The summed E-state index contributed by atoms with van der Waals surface area (Å²) >= 11 is 0. The summed E-state index contributed by atoms with van der Waals surface area (Å²) in [5.74, 6) is 0. The Bertz CT molecular complexity index is 538. The van der Waals surface area contributed by atoms with E-state index in [0.29, 0.717) is 0 Å². The second-order valence-electron chi connectivity index (χ2n) is 4.69. The van der Waals surface area contributed by atoms with Gasteiger partial charge < -0.3 is 5.32 Å². The van der Waals surface area contributed by atoms with E-state index in [1.54, 1.807) is 10.9 Å². The van der Waals surface area contributed by atoms with Crippen molar-refractivity contribution in [3.8, 4) is 0 Å². The highest BCUT2D eigenvalue weighted by Crippen LogP contribution is 2.02. The molecule has 5 nitrogen and oxygen atoms in total. The largest absolute Gasteiger partial charge is 0.312 e. The fourth-order valence-corrected chi connectivity index (χ4v) is 2.06. The summed E-state index contributed by atoms with van der Waals surface area (Å²) in [6.07, 6.45) is 6.58. The van der Waals surface area contributed by atoms with Crippen LogP contribution in [0.25, 0.3) is 6.20 Å². The zero-order chi connectivity index (χ0) is 13.7. The number of nitrogens with one attached hydrogen (secondary N) is 1. The summed E-state index contributed by atoms with van der Waals surface area (Å²) in [6.45, 7) is 10.6. The maximum atomic E-state index is 4.44. The van der Waals surface area contributed by atoms with Crippen LogP contribution in [0.2, 0.25) is 0 Å². The molecule has 0 amide bonds. The number of rotatable bonds is 7. The van der Waals surface area contributed by atoms with Crippen molar-refractivity contribution in [2.24, 2.45) is 0 Å². The number of aryl methyl sites for hydroxylation is 3. The van der Waals surface area contributed by atoms with Gasteiger partial charge in [0.05, 0.1) is 11.9 Å². The summed E-state index contributed by atoms with van der Waals surface area (Å²) in [5.41, 5.74) is 3.48. The van der Waals surface area contributed by atoms with E-state index in [4.69, 9.17) is 0 Å². The average Bonchev–Trinajstić information content (AvgIpc) is 2.96. The Hall–Kier alpha value is -1.88. The predicted octanol–water partition coefficient (Wildman–Crippen LogP) is 1.98. The van der Waals surface area contributed by atoms with Gasteiger partial charge in [0.2, 0.25) is 0 Å². The van der Waals surface area contributed by atoms with Crippen molar-refractivity contribution >= 4 is 6.20 Å². The molecule has 0 spiro atoms. The van der Waals surface area contributed by atoms with E-state index in [1.807, 2.05) is 19.3 Å². The molecule has 0 unspecified atom stereocenters. The molecule has 0 radical (unpaired) electrons. The molecule has 0 saturated carbocycles. The lowest BCUT2D eigenvalue weighted by Gasteiger charge is -2.05. The number of nitrogens with zero attached hydrogens (tertiary/aromatic N) is 4. The molecule has 2 rings (SSSR count). The van der Waals surface area contributed by atoms with Crippen molar-refractivity contribution in [2.45, 2.75) is 33.4 Å². The third-order valence-corrected chi connectivity index (χ3v) is 3.00. The summed E-state index contributed by atoms with van der Waals surface area (Å²) in [7, 11) is 0. The van der Waals surface area contributed by atoms with Gasteiger partial charge in [-0.15, -0.1) is 0 Å². The van der Waals surface area contributed by atoms with Gasteiger partial charge >= 0.3 is 0 Å². The molecule has 0 saturated heterocycles. The van der Waals surface area contributed by atoms with Crippen LogP contribution in [0.1, 0.15) is 23.4 Å². The maximum absolute atomic E-state index is 4.44. The van der Waals surface area contributed by atoms with Crippen LogP contribution in [0.4, 0.5) is 0 Å². The van der Waals surface area contributed by atoms with Gasteiger partial charge in [-0.3, -0.25) is 4.68 Å². The fraction of sp³-hybridized carbons (Fsp3) is 0.429. The summed E-state index contributed by atoms with van der Waals surface area (Å²) in [4.78, 5) is 0. The number of hydrogen-bond donors (Lipinski definition) is 1. The lowest BCUT2D eigenvalue weighted by molar-refractivity contribution is 0.532. The monoisotopic (exact) mass is 259 g/mol. The van der Waals surface area contributed by atoms with Crippen LogP contribution >= 0.6 is 0 Å². The molecule has 0 fully saturated rings. The summed E-state index contributed by atoms with van der Waals surface area (Å²) in [5, 5.41) is 12.0. The van der Waals surface area contributed by atoms with E-state index in [1.165, 1.54) is 11.3 Å². The molecule has 0 aliphatic heterocycles. The van der Waals surface area contributed by atoms with E-state index in [2.05, 4.69) is 39.8 Å². The molecule has 2 heterocycles. The molecule has 0 aromatic carbocycles. The first kappa shape index (κ1) is 13.5. The zero-order valence-corrected chi connectivity index (χ0v) is 11.6. The Morgan fingerprint density at radius 2 is 2.26 bits per heavy atom. The number of hydrogen-bond acceptors (Lipinski definition) is 3. The molecule has 1 N–H and O–H groups in total. The highest BCUT2D eigenvalue weighted by molar-refractivity contribution is 5.17. The predicted molar refractivity (Wildman–Crippen MR) is 76.6 cm³/mol. The highest BCUT2D eigenvalue weighted by Gasteiger charge is 2.00. The molecule has 19 heavy (non-hydrogen) atoms. The van der Waals surface area contributed by atoms with Gasteiger partial charge in [0.15, 0.2) is 0 Å². The minimum absolute atomic E-state index is 0.838. The highest BCUT2D eigenvalue weighted by atomic mass is 15.3. The molecule has 0 aliphatic rings. The van der Waals surface area contributed by atoms with Crippen LogP contribution in [0, 0.1) is 13.8 Å². The Labute approximate surface area is 113 Å². The lowest BCUT2D eigenvalue weighted by atomic mass is 10.3. The summed E-state index contributed by atoms with van der Waals surface area (Å²) in [6, 6.07) is 2.11. The van der Waals surface area contributed by atoms with Crippen molar-refractivity contribution in [1.82, 2.24) is 24.9 Å². The Kier molecular flexibility index (Phi) is 4.52. The van der Waals surface area contributed by atoms with Crippen LogP contribution < -0.4 is 5.32 Å². The van der Waals surface area contributed by atoms with Gasteiger partial charge in [0, 0.05) is 36.7 Å². The third-order valence-electron chi connectivity index (χ3n) is 3.00. The minimum Gasteiger partial charge on any atom is -0.312 e. The smallest absolute Gasteiger partial charge is 0.0596 e. The zero-order valence-electron chi connectivity index (χ0n) is 11.6. The van der Waals surface area contributed by atoms with Crippen LogP contribution in [0.15, 0.2) is 25.0 Å². The lowest BCUT2D eigenvalue weighted by Crippen LogP contribution is -2.17. The van der Waals surface area contributed by atoms with E-state index >= 15 is 0 Å². The van der Waals surface area contributed by atoms with Crippen molar-refractivity contribution < 1.29 is 0 Å². The standard InChI is InChI=1S/C14H21N5/c1-4-18-11-14(10-16-18)9-15-6-5-7-19-13(3)8-12(2)17-19/h4,8,10-11,15H,1,5-7,9H2,2-3H3. The van der Waals surface area contributed by atoms with Crippen molar-refractivity contribution in [1.29, 1.82) is 0 Å². The van der Waals surface area contributed by atoms with Crippen LogP contribution in [-0.2, 0) is 13.1 Å². The van der Waals surface area contributed by atoms with Gasteiger partial charge in [0.1, 0.15) is 0 Å². The van der Waals surface area contributed by atoms with Crippen molar-refractivity contribution in [3.05, 3.63) is 42.0 Å². The Balaban J connectivity index is 1.67. The van der Waals surface area contributed by atoms with Gasteiger partial charge in [0.25, 0.3) is 0 Å². The molecule has 5 heteroatoms. The van der Waals surface area contributed by atoms with Crippen LogP contribution in [0.3, 0.4) is 0 Å². The first-order valence-corrected chi connectivity index (χ1v) is 6.56. The molecule has 0 bridgehead atoms. The van der Waals surface area contributed by atoms with Crippen molar-refractivity contribution in [2.75, 3.05) is 6.54 Å². The Morgan fingerprint density at radius 1 is 1.42 bits per heavy atom. The SMILES string of the molecule is C=Cn1cc(CNCCCn2nc(C)cc2C)cn1. The van der Waals surface area contributed by atoms with Crippen molar-refractivity contribution in [3.63, 3.8) is 0 Å². The fourth-order valence-electron chi connectivity index (χ4n) is 2.06. The topological polar surface area (TPSA) is 47.7 Å². The first-order valence-electron chi connectivity index (χ1n) is 6.56. The minimum atomic E-state index is 0.838. The molecule has 2 aromatic rings. The normalized spacial score (nSPS) is 10.8. The van der Waals surface area contributed by atoms with E-state index in [-0.39, 0.29) is 0 Å². The molecular weight excluding hydrogens is 238 g/mol. The van der Waals surface area contributed by atoms with E-state index < -0.39 is 0 Å². The third kappa shape index (κ3) is 3.79. The number of aromatic nitrogens is 4. The first-order chi connectivity index (χ1) is 9.19. The van der Waals surface area contributed by atoms with Gasteiger partial charge in [-0.05, 0) is 32.9 Å². The van der Waals surface area contributed by atoms with Crippen LogP contribution in [0.5, 0.6) is 0 Å². The average molecular weight is 259 g/mol. The quantitative estimate of drug-likeness (QED) is 0.773. The summed E-state index contributed by atoms with van der Waals surface area (Å²) < 4.78 is 3.78. The molecule has 0 aliphatic carbocycles.